The molecule has 0 aromatic rings. The number of carbonyl (C=O) groups is 6. The van der Waals surface area contributed by atoms with Gasteiger partial charge in [-0.2, -0.15) is 0 Å². The van der Waals surface area contributed by atoms with Crippen molar-refractivity contribution in [3.8, 4) is 0 Å². The molecule has 34 nitrogen and oxygen atoms in total. The molecule has 642 valence electrons. The third kappa shape index (κ3) is 32.8. The van der Waals surface area contributed by atoms with Gasteiger partial charge < -0.3 is 109 Å². The minimum absolute atomic E-state index is 0. The molecule has 6 aliphatic rings. The zero-order valence-corrected chi connectivity index (χ0v) is 65.3. The molecule has 0 radical (unpaired) electrons. The molecule has 23 atom stereocenters. The average Bonchev–Trinajstić information content (AvgIpc) is 1.20. The molecular formula is C74H135N3O31P2. The Hall–Kier alpha value is -3.04. The predicted molar refractivity (Wildman–Crippen MR) is 397 cm³/mol. The van der Waals surface area contributed by atoms with Crippen molar-refractivity contribution in [3.05, 3.63) is 0 Å². The molecule has 6 heterocycles. The van der Waals surface area contributed by atoms with Crippen molar-refractivity contribution in [3.63, 3.8) is 0 Å². The topological polar surface area (TPSA) is 491 Å². The zero-order valence-electron chi connectivity index (χ0n) is 63.5. The van der Waals surface area contributed by atoms with E-state index in [1.54, 1.807) is 25.7 Å². The second kappa shape index (κ2) is 51.2. The fraction of sp³-hybridized carbons (Fsp3) is 0.919. The van der Waals surface area contributed by atoms with Gasteiger partial charge in [-0.05, 0) is 83.5 Å². The van der Waals surface area contributed by atoms with Gasteiger partial charge in [0.2, 0.25) is 17.7 Å². The number of β-amino-alcohol motifs (C(OH)–C–C–N with tert-alkyl or cyclic N) is 1. The molecule has 0 aliphatic carbocycles. The summed E-state index contributed by atoms with van der Waals surface area (Å²) < 4.78 is 89.8. The van der Waals surface area contributed by atoms with Crippen molar-refractivity contribution < 1.29 is 150 Å². The van der Waals surface area contributed by atoms with E-state index in [0.717, 1.165) is 0 Å². The third-order valence-electron chi connectivity index (χ3n) is 21.2. The Morgan fingerprint density at radius 3 is 1.00 bits per heavy atom. The van der Waals surface area contributed by atoms with Crippen LogP contribution in [0.1, 0.15) is 222 Å². The average molecular weight is 1620 g/mol. The lowest BCUT2D eigenvalue weighted by Crippen LogP contribution is -2.55. The summed E-state index contributed by atoms with van der Waals surface area (Å²) in [5.74, 6) is -2.53. The van der Waals surface area contributed by atoms with E-state index < -0.39 is 183 Å². The smallest absolute Gasteiger partial charge is 0.394 e. The van der Waals surface area contributed by atoms with Gasteiger partial charge in [-0.3, -0.25) is 46.9 Å². The molecule has 12 N–H and O–H groups in total. The first-order valence-electron chi connectivity index (χ1n) is 39.2. The van der Waals surface area contributed by atoms with Crippen LogP contribution < -0.4 is 0 Å². The van der Waals surface area contributed by atoms with E-state index in [0.29, 0.717) is 122 Å². The molecule has 36 heteroatoms. The number of amides is 3. The first kappa shape index (κ1) is 99.3. The highest BCUT2D eigenvalue weighted by Gasteiger charge is 2.48. The molecule has 0 spiro atoms. The zero-order chi connectivity index (χ0) is 79.1. The lowest BCUT2D eigenvalue weighted by atomic mass is 9.92. The van der Waals surface area contributed by atoms with Gasteiger partial charge in [-0.15, -0.1) is 0 Å². The molecule has 0 aromatic heterocycles. The fourth-order valence-corrected chi connectivity index (χ4v) is 16.5. The van der Waals surface area contributed by atoms with Crippen LogP contribution in [0.3, 0.4) is 0 Å². The van der Waals surface area contributed by atoms with Crippen LogP contribution in [-0.2, 0) is 89.2 Å². The fourth-order valence-electron chi connectivity index (χ4n) is 14.6. The summed E-state index contributed by atoms with van der Waals surface area (Å²) >= 11 is 0. The number of carbonyl (C=O) groups excluding carboxylic acids is 6. The number of rotatable bonds is 53. The molecule has 0 bridgehead atoms. The molecule has 6 saturated heterocycles. The second-order valence-electron chi connectivity index (χ2n) is 30.0. The number of likely N-dealkylation sites (tertiary alicyclic amines) is 3. The molecule has 6 aliphatic heterocycles. The van der Waals surface area contributed by atoms with E-state index in [9.17, 15) is 98.7 Å². The minimum Gasteiger partial charge on any atom is -0.394 e. The van der Waals surface area contributed by atoms with Crippen molar-refractivity contribution in [2.75, 3.05) is 85.7 Å². The number of ketones is 3. The molecule has 6 rings (SSSR count). The van der Waals surface area contributed by atoms with E-state index in [2.05, 4.69) is 0 Å². The summed E-state index contributed by atoms with van der Waals surface area (Å²) in [7, 11) is -9.90. The number of aliphatic hydroxyl groups is 10. The number of phosphoric ester groups is 2. The number of unbranched alkanes of at least 4 members (excludes halogenated alkanes) is 9. The molecule has 8 unspecified atom stereocenters. The van der Waals surface area contributed by atoms with Gasteiger partial charge in [0.1, 0.15) is 54.0 Å². The van der Waals surface area contributed by atoms with Crippen LogP contribution in [-0.4, -0.2) is 307 Å². The van der Waals surface area contributed by atoms with Crippen molar-refractivity contribution in [2.24, 2.45) is 17.8 Å². The summed E-state index contributed by atoms with van der Waals surface area (Å²) in [5.41, 5.74) is 0. The summed E-state index contributed by atoms with van der Waals surface area (Å²) in [4.78, 5) is 106. The number of nitrogens with zero attached hydrogens (tertiary/aromatic N) is 3. The highest BCUT2D eigenvalue weighted by Crippen LogP contribution is 2.50. The van der Waals surface area contributed by atoms with E-state index in [4.69, 9.17) is 51.3 Å². The van der Waals surface area contributed by atoms with Crippen LogP contribution in [0.25, 0.3) is 0 Å². The lowest BCUT2D eigenvalue weighted by Gasteiger charge is -2.40. The third-order valence-corrected chi connectivity index (χ3v) is 23.3. The SMILES string of the molecule is C.C.CCCOC[C@@H]1C[C@@H](OP(=O)(O)OC[C@@H]2C[C@@H](OP(=O)(O)OC[C@@H]3C[C@@H](O)CN3C(=O)CCCCCCC(=O)CCCO[C@@H]3OC(CO)[C@H](O)[C@H](O)C3C)CN2C(=O)CCCCCCC(=O)CCCO[C@@H]2OC(CO)[C@H](O)[C@H](O)C2C)CN1C(=O)CCCCCCC(=O)CCCO[C@@H]1OC(CO)[C@H](O)[C@H](O)C1C. The van der Waals surface area contributed by atoms with Crippen LogP contribution in [0.2, 0.25) is 0 Å². The quantitative estimate of drug-likeness (QED) is 0.0300. The summed E-state index contributed by atoms with van der Waals surface area (Å²) in [6, 6.07) is -2.26. The standard InChI is InChI=1S/C72H127N3O31P2.2CH4/c1-5-30-96-43-50-35-56(38-74(50)62(84)28-16-10-7-13-22-53(80)25-19-32-98-71-47(3)65(87)68(90)59(41-77)103-71)105-108(94,95)101-45-51-36-57(39-75(51)63(85)29-17-11-8-14-23-54(81)26-20-33-99-72-48(4)66(88)69(91)60(42-78)104-72)106-107(92,93)100-44-49-34-55(82)37-73(49)61(83)27-15-9-6-12-21-52(79)24-18-31-97-70-46(2)64(86)67(89)58(40-76)102-70;;/h46-51,55-60,64-72,76-78,82,86-91H,5-45H2,1-4H3,(H,92,93)(H,94,95);2*1H4/t46?,47?,48?,49-,50-,51-,55+,56+,57+,58?,59?,60?,64+,65+,66+,67-,68-,69-,70+,71+,72+;;/m0../s1. The van der Waals surface area contributed by atoms with Gasteiger partial charge in [0.25, 0.3) is 0 Å². The first-order chi connectivity index (χ1) is 51.5. The van der Waals surface area contributed by atoms with Gasteiger partial charge in [0, 0.05) is 102 Å². The minimum atomic E-state index is -4.96. The maximum absolute atomic E-state index is 14.1. The highest BCUT2D eigenvalue weighted by molar-refractivity contribution is 7.47. The van der Waals surface area contributed by atoms with E-state index in [-0.39, 0.29) is 154 Å². The Labute approximate surface area is 648 Å². The van der Waals surface area contributed by atoms with Crippen LogP contribution in [0.4, 0.5) is 0 Å². The van der Waals surface area contributed by atoms with Gasteiger partial charge >= 0.3 is 15.6 Å². The second-order valence-corrected chi connectivity index (χ2v) is 32.8. The Morgan fingerprint density at radius 1 is 0.391 bits per heavy atom. The molecule has 6 fully saturated rings. The Balaban J connectivity index is 0.0000128. The number of phosphoric acid groups is 2. The van der Waals surface area contributed by atoms with Crippen molar-refractivity contribution in [1.29, 1.82) is 0 Å². The Kier molecular flexibility index (Phi) is 46.2. The maximum atomic E-state index is 14.1. The number of hydrogen-bond acceptors (Lipinski definition) is 29. The highest BCUT2D eigenvalue weighted by atomic mass is 31.2. The number of ether oxygens (including phenoxy) is 7. The van der Waals surface area contributed by atoms with Crippen molar-refractivity contribution in [2.45, 2.75) is 333 Å². The van der Waals surface area contributed by atoms with Crippen molar-refractivity contribution >= 4 is 50.7 Å². The van der Waals surface area contributed by atoms with Gasteiger partial charge in [-0.1, -0.05) is 81.1 Å². The van der Waals surface area contributed by atoms with Crippen LogP contribution in [0, 0.1) is 17.8 Å². The predicted octanol–water partition coefficient (Wildman–Crippen LogP) is 4.20. The molecule has 3 amide bonds. The normalized spacial score (nSPS) is 31.6. The van der Waals surface area contributed by atoms with Crippen LogP contribution in [0.15, 0.2) is 0 Å². The molecule has 0 aromatic carbocycles. The maximum Gasteiger partial charge on any atom is 0.472 e. The summed E-state index contributed by atoms with van der Waals surface area (Å²) in [5, 5.41) is 100. The number of hydrogen-bond donors (Lipinski definition) is 12. The molecular weight excluding hydrogens is 1490 g/mol. The number of aliphatic hydroxyl groups excluding tert-OH is 10. The summed E-state index contributed by atoms with van der Waals surface area (Å²) in [6.45, 7) is 5.10. The van der Waals surface area contributed by atoms with Crippen molar-refractivity contribution in [1.82, 2.24) is 14.7 Å². The first-order valence-corrected chi connectivity index (χ1v) is 42.2. The van der Waals surface area contributed by atoms with Gasteiger partial charge in [0.05, 0.1) is 114 Å². The monoisotopic (exact) mass is 1620 g/mol. The largest absolute Gasteiger partial charge is 0.472 e. The molecule has 110 heavy (non-hydrogen) atoms. The van der Waals surface area contributed by atoms with Gasteiger partial charge in [0.15, 0.2) is 18.9 Å². The van der Waals surface area contributed by atoms with Gasteiger partial charge in [-0.25, -0.2) is 9.13 Å². The molecule has 0 saturated carbocycles. The van der Waals surface area contributed by atoms with Crippen LogP contribution in [0.5, 0.6) is 0 Å². The lowest BCUT2D eigenvalue weighted by molar-refractivity contribution is -0.282. The van der Waals surface area contributed by atoms with Crippen LogP contribution >= 0.6 is 15.6 Å². The van der Waals surface area contributed by atoms with E-state index >= 15 is 0 Å². The Bertz CT molecular complexity index is 2780. The van der Waals surface area contributed by atoms with E-state index in [1.165, 1.54) is 9.80 Å². The van der Waals surface area contributed by atoms with E-state index in [1.807, 2.05) is 6.92 Å². The summed E-state index contributed by atoms with van der Waals surface area (Å²) in [6.07, 6.45) is -4.92. The Morgan fingerprint density at radius 2 is 0.682 bits per heavy atom. The number of Topliss-reactive ketones (excluding diaryl/α,β-unsaturated/α-hetero) is 3.